The van der Waals surface area contributed by atoms with E-state index in [1.54, 1.807) is 0 Å². The molecule has 0 atom stereocenters. The fourth-order valence-corrected chi connectivity index (χ4v) is 8.13. The number of hydrogen-bond donors (Lipinski definition) is 0. The molecule has 0 radical (unpaired) electrons. The van der Waals surface area contributed by atoms with Crippen molar-refractivity contribution in [2.24, 2.45) is 0 Å². The molecule has 0 saturated heterocycles. The third-order valence-electron chi connectivity index (χ3n) is 10.5. The van der Waals surface area contributed by atoms with Crippen molar-refractivity contribution in [1.82, 2.24) is 4.57 Å². The fourth-order valence-electron chi connectivity index (χ4n) is 8.13. The van der Waals surface area contributed by atoms with E-state index in [2.05, 4.69) is 197 Å². The van der Waals surface area contributed by atoms with Crippen LogP contribution in [0.4, 0.5) is 17.1 Å². The van der Waals surface area contributed by atoms with E-state index >= 15 is 0 Å². The first kappa shape index (κ1) is 31.0. The van der Waals surface area contributed by atoms with E-state index in [0.29, 0.717) is 0 Å². The average molecular weight is 637 g/mol. The van der Waals surface area contributed by atoms with Crippen molar-refractivity contribution in [3.05, 3.63) is 161 Å². The topological polar surface area (TPSA) is 8.17 Å². The fraction of sp³-hybridized carbons (Fsp3) is 0.191. The molecular formula is C47H44N2. The lowest BCUT2D eigenvalue weighted by atomic mass is 9.81. The number of fused-ring (bicyclic) bond motifs is 7. The van der Waals surface area contributed by atoms with Crippen molar-refractivity contribution in [3.63, 3.8) is 0 Å². The van der Waals surface area contributed by atoms with Gasteiger partial charge < -0.3 is 9.47 Å². The molecule has 0 N–H and O–H groups in total. The largest absolute Gasteiger partial charge is 0.335 e. The normalized spacial score (nSPS) is 13.7. The summed E-state index contributed by atoms with van der Waals surface area (Å²) in [7, 11) is 0. The lowest BCUT2D eigenvalue weighted by molar-refractivity contribution is 0.421. The van der Waals surface area contributed by atoms with Gasteiger partial charge in [-0.1, -0.05) is 123 Å². The summed E-state index contributed by atoms with van der Waals surface area (Å²) in [4.78, 5) is 2.37. The SMILES string of the molecule is Cc1ccccc1N(c1ccc(C=Cc2ccc3c(c2)C(C)(C)c2c-3ccc3c4ccccc4n(C(C)(C)C)c23)cc1)c1ccccc1C. The second kappa shape index (κ2) is 11.4. The highest BCUT2D eigenvalue weighted by molar-refractivity contribution is 6.12. The van der Waals surface area contributed by atoms with Gasteiger partial charge in [0.2, 0.25) is 0 Å². The summed E-state index contributed by atoms with van der Waals surface area (Å²) in [5.41, 5.74) is 16.5. The molecule has 0 unspecified atom stereocenters. The minimum absolute atomic E-state index is 0.0539. The van der Waals surface area contributed by atoms with E-state index in [-0.39, 0.29) is 11.0 Å². The number of aromatic nitrogens is 1. The molecule has 7 aromatic rings. The van der Waals surface area contributed by atoms with Crippen LogP contribution in [0.1, 0.15) is 68.0 Å². The molecule has 0 amide bonds. The molecule has 49 heavy (non-hydrogen) atoms. The first-order valence-electron chi connectivity index (χ1n) is 17.5. The molecule has 0 bridgehead atoms. The van der Waals surface area contributed by atoms with Crippen molar-refractivity contribution in [1.29, 1.82) is 0 Å². The van der Waals surface area contributed by atoms with Gasteiger partial charge in [0.1, 0.15) is 0 Å². The monoisotopic (exact) mass is 636 g/mol. The quantitative estimate of drug-likeness (QED) is 0.171. The molecule has 1 heterocycles. The van der Waals surface area contributed by atoms with Gasteiger partial charge in [-0.25, -0.2) is 0 Å². The molecule has 2 nitrogen and oxygen atoms in total. The molecule has 1 aromatic heterocycles. The van der Waals surface area contributed by atoms with Gasteiger partial charge in [-0.05, 0) is 109 Å². The smallest absolute Gasteiger partial charge is 0.0544 e. The van der Waals surface area contributed by atoms with Crippen LogP contribution in [-0.2, 0) is 11.0 Å². The Bertz CT molecular complexity index is 2370. The first-order chi connectivity index (χ1) is 23.5. The molecule has 242 valence electrons. The summed E-state index contributed by atoms with van der Waals surface area (Å²) in [5.74, 6) is 0. The number of hydrogen-bond acceptors (Lipinski definition) is 1. The van der Waals surface area contributed by atoms with Gasteiger partial charge >= 0.3 is 0 Å². The molecule has 0 saturated carbocycles. The maximum atomic E-state index is 2.58. The lowest BCUT2D eigenvalue weighted by Gasteiger charge is -2.29. The van der Waals surface area contributed by atoms with E-state index in [0.717, 1.165) is 5.69 Å². The van der Waals surface area contributed by atoms with Crippen LogP contribution in [0.2, 0.25) is 0 Å². The van der Waals surface area contributed by atoms with Crippen molar-refractivity contribution < 1.29 is 0 Å². The predicted octanol–water partition coefficient (Wildman–Crippen LogP) is 13.1. The van der Waals surface area contributed by atoms with Crippen LogP contribution in [0, 0.1) is 13.8 Å². The maximum Gasteiger partial charge on any atom is 0.0544 e. The van der Waals surface area contributed by atoms with Crippen LogP contribution >= 0.6 is 0 Å². The Hall–Kier alpha value is -5.34. The van der Waals surface area contributed by atoms with Gasteiger partial charge in [-0.3, -0.25) is 0 Å². The Morgan fingerprint density at radius 1 is 0.592 bits per heavy atom. The van der Waals surface area contributed by atoms with E-state index in [1.165, 1.54) is 77.7 Å². The Balaban J connectivity index is 1.15. The van der Waals surface area contributed by atoms with E-state index in [4.69, 9.17) is 0 Å². The van der Waals surface area contributed by atoms with Gasteiger partial charge in [0.05, 0.1) is 5.52 Å². The van der Waals surface area contributed by atoms with Crippen molar-refractivity contribution in [2.45, 2.75) is 59.4 Å². The van der Waals surface area contributed by atoms with Crippen LogP contribution in [-0.4, -0.2) is 4.57 Å². The van der Waals surface area contributed by atoms with Crippen LogP contribution in [0.3, 0.4) is 0 Å². The first-order valence-corrected chi connectivity index (χ1v) is 17.5. The van der Waals surface area contributed by atoms with Crippen LogP contribution in [0.25, 0.3) is 45.1 Å². The number of aryl methyl sites for hydroxylation is 2. The van der Waals surface area contributed by atoms with Gasteiger partial charge in [-0.15, -0.1) is 0 Å². The number of rotatable bonds is 5. The molecule has 0 spiro atoms. The molecule has 1 aliphatic rings. The molecule has 1 aliphatic carbocycles. The summed E-state index contributed by atoms with van der Waals surface area (Å²) in [5, 5.41) is 2.68. The average Bonchev–Trinajstić information content (AvgIpc) is 3.55. The van der Waals surface area contributed by atoms with Crippen LogP contribution in [0.15, 0.2) is 127 Å². The van der Waals surface area contributed by atoms with Crippen LogP contribution in [0.5, 0.6) is 0 Å². The van der Waals surface area contributed by atoms with Gasteiger partial charge in [-0.2, -0.15) is 0 Å². The molecule has 6 aromatic carbocycles. The minimum atomic E-state index is -0.137. The van der Waals surface area contributed by atoms with Crippen molar-refractivity contribution in [2.75, 3.05) is 4.90 Å². The Morgan fingerprint density at radius 2 is 1.16 bits per heavy atom. The minimum Gasteiger partial charge on any atom is -0.335 e. The zero-order valence-corrected chi connectivity index (χ0v) is 29.7. The number of benzene rings is 6. The predicted molar refractivity (Wildman–Crippen MR) is 212 cm³/mol. The summed E-state index contributed by atoms with van der Waals surface area (Å²) in [6.07, 6.45) is 4.50. The molecule has 0 aliphatic heterocycles. The zero-order chi connectivity index (χ0) is 34.1. The van der Waals surface area contributed by atoms with Gasteiger partial charge in [0.15, 0.2) is 0 Å². The molecule has 2 heteroatoms. The third kappa shape index (κ3) is 5.01. The molecule has 8 rings (SSSR count). The number of anilines is 3. The Morgan fingerprint density at radius 3 is 1.82 bits per heavy atom. The van der Waals surface area contributed by atoms with Gasteiger partial charge in [0.25, 0.3) is 0 Å². The standard InChI is InChI=1S/C47H44N2/c1-31-14-8-11-17-41(31)48(42-18-12-9-15-32(42)2)35-25-22-33(23-26-35)20-21-34-24-27-36-38-28-29-39-37-16-10-13-19-43(37)49(46(3,4)5)45(39)44(38)47(6,7)40(36)30-34/h8-30H,1-7H3. The summed E-state index contributed by atoms with van der Waals surface area (Å²) >= 11 is 0. The van der Waals surface area contributed by atoms with Crippen molar-refractivity contribution >= 4 is 51.0 Å². The molecular weight excluding hydrogens is 593 g/mol. The third-order valence-corrected chi connectivity index (χ3v) is 10.5. The summed E-state index contributed by atoms with van der Waals surface area (Å²) in [6.45, 7) is 16.1. The second-order valence-electron chi connectivity index (χ2n) is 15.2. The van der Waals surface area contributed by atoms with Gasteiger partial charge in [0, 0.05) is 44.3 Å². The highest BCUT2D eigenvalue weighted by Crippen LogP contribution is 2.53. The Labute approximate surface area is 291 Å². The molecule has 0 fully saturated rings. The second-order valence-corrected chi connectivity index (χ2v) is 15.2. The number of para-hydroxylation sites is 3. The highest BCUT2D eigenvalue weighted by atomic mass is 15.1. The maximum absolute atomic E-state index is 2.58. The van der Waals surface area contributed by atoms with Crippen molar-refractivity contribution in [3.8, 4) is 11.1 Å². The van der Waals surface area contributed by atoms with E-state index < -0.39 is 0 Å². The highest BCUT2D eigenvalue weighted by Gasteiger charge is 2.39. The van der Waals surface area contributed by atoms with Crippen LogP contribution < -0.4 is 4.90 Å². The Kier molecular flexibility index (Phi) is 7.19. The summed E-state index contributed by atoms with van der Waals surface area (Å²) < 4.78 is 2.58. The number of nitrogens with zero attached hydrogens (tertiary/aromatic N) is 2. The van der Waals surface area contributed by atoms with E-state index in [1.807, 2.05) is 0 Å². The lowest BCUT2D eigenvalue weighted by Crippen LogP contribution is -2.24. The van der Waals surface area contributed by atoms with E-state index in [9.17, 15) is 0 Å². The zero-order valence-electron chi connectivity index (χ0n) is 29.7. The summed E-state index contributed by atoms with van der Waals surface area (Å²) in [6, 6.07) is 46.8.